The average Bonchev–Trinajstić information content (AvgIpc) is 2.29. The molecule has 0 aromatic heterocycles. The summed E-state index contributed by atoms with van der Waals surface area (Å²) in [6.45, 7) is 4.09. The molecule has 22 heavy (non-hydrogen) atoms. The van der Waals surface area contributed by atoms with Crippen LogP contribution in [0.25, 0.3) is 0 Å². The van der Waals surface area contributed by atoms with E-state index in [0.717, 1.165) is 0 Å². The van der Waals surface area contributed by atoms with Gasteiger partial charge >= 0.3 is 88.7 Å². The van der Waals surface area contributed by atoms with Crippen LogP contribution in [0, 0.1) is 5.41 Å². The standard InChI is InChI=1S/C12H20O7.3Na/c1-4-11(5-2,9(15)16)12(10(17)18,19-6-3)7-8(13)14;;;/h4-7H2,1-3H3,(H,13,14)(H,15,16)(H,17,18);;;/q;3*+1/p-3. The topological polar surface area (TPSA) is 130 Å². The molecule has 10 heteroatoms. The van der Waals surface area contributed by atoms with E-state index in [4.69, 9.17) is 4.74 Å². The summed E-state index contributed by atoms with van der Waals surface area (Å²) in [5.41, 5.74) is -4.51. The first-order chi connectivity index (χ1) is 8.74. The van der Waals surface area contributed by atoms with Gasteiger partial charge < -0.3 is 34.4 Å². The molecule has 0 aromatic rings. The van der Waals surface area contributed by atoms with Gasteiger partial charge in [0.1, 0.15) is 5.60 Å². The summed E-state index contributed by atoms with van der Waals surface area (Å²) in [5.74, 6) is -5.31. The van der Waals surface area contributed by atoms with E-state index in [1.807, 2.05) is 0 Å². The van der Waals surface area contributed by atoms with Crippen LogP contribution in [0.5, 0.6) is 0 Å². The van der Waals surface area contributed by atoms with Gasteiger partial charge in [0.2, 0.25) is 0 Å². The fraction of sp³-hybridized carbons (Fsp3) is 0.750. The maximum Gasteiger partial charge on any atom is 1.00 e. The van der Waals surface area contributed by atoms with Crippen LogP contribution in [0.4, 0.5) is 0 Å². The first-order valence-corrected chi connectivity index (χ1v) is 6.00. The molecule has 0 rings (SSSR count). The van der Waals surface area contributed by atoms with E-state index >= 15 is 0 Å². The zero-order valence-electron chi connectivity index (χ0n) is 14.2. The molecule has 0 aliphatic rings. The van der Waals surface area contributed by atoms with Gasteiger partial charge in [0, 0.05) is 24.4 Å². The zero-order valence-corrected chi connectivity index (χ0v) is 20.2. The summed E-state index contributed by atoms with van der Waals surface area (Å²) in [6, 6.07) is 0. The summed E-state index contributed by atoms with van der Waals surface area (Å²) in [7, 11) is 0. The third-order valence-electron chi connectivity index (χ3n) is 3.48. The second-order valence-corrected chi connectivity index (χ2v) is 4.17. The number of rotatable bonds is 9. The first-order valence-electron chi connectivity index (χ1n) is 6.00. The van der Waals surface area contributed by atoms with Crippen molar-refractivity contribution in [2.24, 2.45) is 5.41 Å². The molecule has 0 saturated carbocycles. The molecule has 0 saturated heterocycles. The van der Waals surface area contributed by atoms with Gasteiger partial charge in [-0.1, -0.05) is 13.8 Å². The Morgan fingerprint density at radius 2 is 1.27 bits per heavy atom. The van der Waals surface area contributed by atoms with Gasteiger partial charge in [0.15, 0.2) is 0 Å². The van der Waals surface area contributed by atoms with Crippen molar-refractivity contribution in [3.63, 3.8) is 0 Å². The van der Waals surface area contributed by atoms with Crippen molar-refractivity contribution in [3.8, 4) is 0 Å². The van der Waals surface area contributed by atoms with Crippen molar-refractivity contribution in [2.75, 3.05) is 6.61 Å². The van der Waals surface area contributed by atoms with Crippen LogP contribution in [0.3, 0.4) is 0 Å². The molecular formula is C12H17Na3O7. The Morgan fingerprint density at radius 3 is 1.45 bits per heavy atom. The Kier molecular flexibility index (Phi) is 19.3. The summed E-state index contributed by atoms with van der Waals surface area (Å²) >= 11 is 0. The van der Waals surface area contributed by atoms with Crippen LogP contribution in [0.2, 0.25) is 0 Å². The van der Waals surface area contributed by atoms with E-state index in [2.05, 4.69) is 0 Å². The minimum Gasteiger partial charge on any atom is -0.550 e. The van der Waals surface area contributed by atoms with E-state index < -0.39 is 35.3 Å². The van der Waals surface area contributed by atoms with Crippen LogP contribution < -0.4 is 104 Å². The normalized spacial score (nSPS) is 12.7. The maximum absolute atomic E-state index is 11.4. The molecule has 0 aliphatic heterocycles. The molecule has 0 aliphatic carbocycles. The first kappa shape index (κ1) is 31.2. The largest absolute Gasteiger partial charge is 1.00 e. The molecule has 0 bridgehead atoms. The Morgan fingerprint density at radius 1 is 0.864 bits per heavy atom. The van der Waals surface area contributed by atoms with Crippen molar-refractivity contribution in [3.05, 3.63) is 0 Å². The number of hydrogen-bond acceptors (Lipinski definition) is 7. The van der Waals surface area contributed by atoms with Crippen LogP contribution in [-0.4, -0.2) is 30.1 Å². The van der Waals surface area contributed by atoms with Crippen LogP contribution in [-0.2, 0) is 19.1 Å². The Bertz CT molecular complexity index is 372. The second kappa shape index (κ2) is 13.6. The van der Waals surface area contributed by atoms with Crippen LogP contribution in [0.1, 0.15) is 40.0 Å². The molecular weight excluding hydrogens is 325 g/mol. The number of carbonyl (C=O) groups is 3. The number of carboxylic acids is 3. The van der Waals surface area contributed by atoms with Crippen molar-refractivity contribution >= 4 is 17.9 Å². The van der Waals surface area contributed by atoms with E-state index in [9.17, 15) is 29.7 Å². The molecule has 7 nitrogen and oxygen atoms in total. The molecule has 1 atom stereocenters. The smallest absolute Gasteiger partial charge is 0.550 e. The molecule has 0 heterocycles. The third kappa shape index (κ3) is 6.35. The molecule has 1 unspecified atom stereocenters. The van der Waals surface area contributed by atoms with Gasteiger partial charge in [-0.05, 0) is 19.8 Å². The van der Waals surface area contributed by atoms with Crippen molar-refractivity contribution in [1.29, 1.82) is 0 Å². The van der Waals surface area contributed by atoms with Crippen molar-refractivity contribution < 1.29 is 123 Å². The number of carbonyl (C=O) groups excluding carboxylic acids is 3. The molecule has 0 radical (unpaired) electrons. The monoisotopic (exact) mass is 342 g/mol. The van der Waals surface area contributed by atoms with E-state index in [1.165, 1.54) is 20.8 Å². The number of aliphatic carboxylic acids is 3. The van der Waals surface area contributed by atoms with Crippen molar-refractivity contribution in [1.82, 2.24) is 0 Å². The zero-order chi connectivity index (χ0) is 15.3. The van der Waals surface area contributed by atoms with Crippen LogP contribution >= 0.6 is 0 Å². The summed E-state index contributed by atoms with van der Waals surface area (Å²) in [6.07, 6.45) is -1.46. The maximum atomic E-state index is 11.4. The Balaban J connectivity index is -0.000000540. The van der Waals surface area contributed by atoms with Crippen molar-refractivity contribution in [2.45, 2.75) is 45.6 Å². The molecule has 0 amide bonds. The number of carboxylic acid groups (broad SMARTS) is 3. The fourth-order valence-electron chi connectivity index (χ4n) is 2.41. The SMILES string of the molecule is CCOC(CC(=O)[O-])(C(=O)[O-])C(CC)(CC)C(=O)[O-].[Na+].[Na+].[Na+]. The van der Waals surface area contributed by atoms with E-state index in [1.54, 1.807) is 0 Å². The van der Waals surface area contributed by atoms with Gasteiger partial charge in [0.25, 0.3) is 0 Å². The third-order valence-corrected chi connectivity index (χ3v) is 3.48. The average molecular weight is 342 g/mol. The predicted molar refractivity (Wildman–Crippen MR) is 57.0 cm³/mol. The summed E-state index contributed by atoms with van der Waals surface area (Å²) in [4.78, 5) is 33.6. The van der Waals surface area contributed by atoms with Gasteiger partial charge in [-0.2, -0.15) is 0 Å². The molecule has 0 fully saturated rings. The van der Waals surface area contributed by atoms with E-state index in [0.29, 0.717) is 0 Å². The van der Waals surface area contributed by atoms with Gasteiger partial charge in [-0.25, -0.2) is 0 Å². The van der Waals surface area contributed by atoms with E-state index in [-0.39, 0.29) is 108 Å². The van der Waals surface area contributed by atoms with Gasteiger partial charge in [0.05, 0.1) is 11.9 Å². The summed E-state index contributed by atoms with van der Waals surface area (Å²) < 4.78 is 5.01. The predicted octanol–water partition coefficient (Wildman–Crippen LogP) is -11.8. The van der Waals surface area contributed by atoms with Crippen LogP contribution in [0.15, 0.2) is 0 Å². The summed E-state index contributed by atoms with van der Waals surface area (Å²) in [5, 5.41) is 33.6. The molecule has 110 valence electrons. The Hall–Kier alpha value is 1.37. The van der Waals surface area contributed by atoms with Gasteiger partial charge in [-0.3, -0.25) is 0 Å². The minimum atomic E-state index is -2.51. The molecule has 0 N–H and O–H groups in total. The quantitative estimate of drug-likeness (QED) is 0.380. The Labute approximate surface area is 196 Å². The number of ether oxygens (including phenoxy) is 1. The minimum absolute atomic E-state index is 0. The van der Waals surface area contributed by atoms with Gasteiger partial charge in [-0.15, -0.1) is 0 Å². The molecule has 0 aromatic carbocycles. The second-order valence-electron chi connectivity index (χ2n) is 4.17. The number of hydrogen-bond donors (Lipinski definition) is 0. The fourth-order valence-corrected chi connectivity index (χ4v) is 2.41. The molecule has 0 spiro atoms.